The number of hydrogen-bond acceptors (Lipinski definition) is 2. The Morgan fingerprint density at radius 2 is 1.52 bits per heavy atom. The van der Waals surface area contributed by atoms with Gasteiger partial charge in [0.25, 0.3) is 5.70 Å². The van der Waals surface area contributed by atoms with Crippen LogP contribution in [0.3, 0.4) is 0 Å². The fourth-order valence-corrected chi connectivity index (χ4v) is 3.20. The third-order valence-electron chi connectivity index (χ3n) is 4.54. The number of aliphatic hydroxyl groups is 1. The van der Waals surface area contributed by atoms with Crippen LogP contribution in [0.15, 0.2) is 79.1 Å². The van der Waals surface area contributed by atoms with Gasteiger partial charge in [-0.1, -0.05) is 51.2 Å². The van der Waals surface area contributed by atoms with E-state index in [4.69, 9.17) is 12.2 Å². The second kappa shape index (κ2) is 8.53. The van der Waals surface area contributed by atoms with Crippen molar-refractivity contribution in [2.24, 2.45) is 0 Å². The van der Waals surface area contributed by atoms with Crippen LogP contribution in [-0.2, 0) is 5.41 Å². The van der Waals surface area contributed by atoms with Crippen molar-refractivity contribution in [1.82, 2.24) is 0 Å². The molecule has 0 saturated heterocycles. The van der Waals surface area contributed by atoms with Gasteiger partial charge in [0.2, 0.25) is 0 Å². The van der Waals surface area contributed by atoms with Gasteiger partial charge < -0.3 is 10.4 Å². The molecule has 1 heterocycles. The third-order valence-corrected chi connectivity index (χ3v) is 4.84. The van der Waals surface area contributed by atoms with Crippen LogP contribution < -0.4 is 9.88 Å². The van der Waals surface area contributed by atoms with E-state index in [-0.39, 0.29) is 17.0 Å². The summed E-state index contributed by atoms with van der Waals surface area (Å²) in [6, 6.07) is 19.2. The largest absolute Gasteiger partial charge is 0.502 e. The number of hydrogen-bond donors (Lipinski definition) is 2. The number of rotatable bonds is 4. The van der Waals surface area contributed by atoms with Crippen molar-refractivity contribution in [3.8, 4) is 0 Å². The number of nitrogens with one attached hydrogen (secondary N) is 1. The molecular formula is C24H24FN2OS+. The highest BCUT2D eigenvalue weighted by atomic mass is 32.1. The fourth-order valence-electron chi connectivity index (χ4n) is 2.88. The lowest BCUT2D eigenvalue weighted by Gasteiger charge is -2.18. The van der Waals surface area contributed by atoms with E-state index in [1.807, 2.05) is 54.9 Å². The van der Waals surface area contributed by atoms with Gasteiger partial charge in [-0.15, -0.1) is 0 Å². The number of anilines is 1. The van der Waals surface area contributed by atoms with Gasteiger partial charge >= 0.3 is 0 Å². The van der Waals surface area contributed by atoms with E-state index >= 15 is 0 Å². The predicted octanol–water partition coefficient (Wildman–Crippen LogP) is 5.73. The Kier molecular flexibility index (Phi) is 6.09. The monoisotopic (exact) mass is 407 g/mol. The van der Waals surface area contributed by atoms with E-state index in [0.29, 0.717) is 16.2 Å². The van der Waals surface area contributed by atoms with E-state index in [1.54, 1.807) is 4.57 Å². The highest BCUT2D eigenvalue weighted by Crippen LogP contribution is 2.22. The molecule has 3 rings (SSSR count). The molecule has 0 atom stereocenters. The summed E-state index contributed by atoms with van der Waals surface area (Å²) in [4.78, 5) is 0.353. The van der Waals surface area contributed by atoms with Crippen LogP contribution >= 0.6 is 12.2 Å². The minimum Gasteiger partial charge on any atom is -0.502 e. The molecule has 148 valence electrons. The predicted molar refractivity (Wildman–Crippen MR) is 120 cm³/mol. The van der Waals surface area contributed by atoms with Crippen molar-refractivity contribution in [1.29, 1.82) is 0 Å². The Bertz CT molecular complexity index is 1020. The van der Waals surface area contributed by atoms with Crippen LogP contribution in [0.1, 0.15) is 31.9 Å². The minimum atomic E-state index is -0.365. The molecule has 0 spiro atoms. The third kappa shape index (κ3) is 5.06. The number of halogens is 1. The van der Waals surface area contributed by atoms with Crippen LogP contribution in [0.5, 0.6) is 0 Å². The highest BCUT2D eigenvalue weighted by molar-refractivity contribution is 7.81. The van der Waals surface area contributed by atoms with Crippen LogP contribution in [-0.4, -0.2) is 10.1 Å². The first kappa shape index (κ1) is 20.7. The standard InChI is InChI=1S/C24H23FN2OS/c1-24(2,3)18-13-15-27(16-14-18)21(22(28)17-9-11-19(25)12-10-17)23(29)26-20-7-5-4-6-8-20/h4-16H,1-3H3,(H-,26,28,29)/p+1. The van der Waals surface area contributed by atoms with Gasteiger partial charge in [0.05, 0.1) is 0 Å². The second-order valence-electron chi connectivity index (χ2n) is 7.77. The molecule has 3 aromatic rings. The molecule has 3 nitrogen and oxygen atoms in total. The molecule has 0 bridgehead atoms. The normalized spacial score (nSPS) is 12.3. The van der Waals surface area contributed by atoms with Gasteiger partial charge in [0.1, 0.15) is 5.82 Å². The molecule has 0 fully saturated rings. The van der Waals surface area contributed by atoms with Gasteiger partial charge in [-0.2, -0.15) is 4.57 Å². The quantitative estimate of drug-likeness (QED) is 0.251. The maximum absolute atomic E-state index is 13.3. The zero-order valence-corrected chi connectivity index (χ0v) is 17.5. The number of thiocarbonyl (C=S) groups is 1. The summed E-state index contributed by atoms with van der Waals surface area (Å²) < 4.78 is 15.1. The van der Waals surface area contributed by atoms with Crippen LogP contribution in [0.2, 0.25) is 0 Å². The molecular weight excluding hydrogens is 383 g/mol. The van der Waals surface area contributed by atoms with Gasteiger partial charge in [-0.3, -0.25) is 0 Å². The van der Waals surface area contributed by atoms with Crippen LogP contribution in [0.4, 0.5) is 10.1 Å². The van der Waals surface area contributed by atoms with Gasteiger partial charge in [0, 0.05) is 23.4 Å². The average Bonchev–Trinajstić information content (AvgIpc) is 2.69. The van der Waals surface area contributed by atoms with Crippen molar-refractivity contribution >= 4 is 34.3 Å². The lowest BCUT2D eigenvalue weighted by Crippen LogP contribution is -2.39. The Morgan fingerprint density at radius 3 is 2.07 bits per heavy atom. The van der Waals surface area contributed by atoms with Crippen molar-refractivity contribution in [3.05, 3.63) is 96.1 Å². The van der Waals surface area contributed by atoms with Crippen molar-refractivity contribution in [2.75, 3.05) is 5.32 Å². The van der Waals surface area contributed by atoms with E-state index < -0.39 is 0 Å². The smallest absolute Gasteiger partial charge is 0.288 e. The molecule has 1 aromatic heterocycles. The molecule has 0 aliphatic rings. The molecule has 0 saturated carbocycles. The molecule has 2 N–H and O–H groups in total. The molecule has 5 heteroatoms. The zero-order valence-electron chi connectivity index (χ0n) is 16.7. The Morgan fingerprint density at radius 1 is 0.931 bits per heavy atom. The van der Waals surface area contributed by atoms with E-state index in [0.717, 1.165) is 11.3 Å². The van der Waals surface area contributed by atoms with Crippen molar-refractivity contribution in [3.63, 3.8) is 0 Å². The first-order chi connectivity index (χ1) is 13.8. The Balaban J connectivity index is 2.07. The number of nitrogens with zero attached hydrogens (tertiary/aromatic N) is 1. The first-order valence-corrected chi connectivity index (χ1v) is 9.74. The van der Waals surface area contributed by atoms with Crippen molar-refractivity contribution < 1.29 is 14.1 Å². The summed E-state index contributed by atoms with van der Waals surface area (Å²) in [5, 5.41) is 14.2. The number of aliphatic hydroxyl groups excluding tert-OH is 1. The molecule has 0 aliphatic heterocycles. The molecule has 29 heavy (non-hydrogen) atoms. The van der Waals surface area contributed by atoms with E-state index in [1.165, 1.54) is 24.3 Å². The van der Waals surface area contributed by atoms with Gasteiger partial charge in [-0.05, 0) is 47.4 Å². The topological polar surface area (TPSA) is 36.1 Å². The van der Waals surface area contributed by atoms with Crippen LogP contribution in [0, 0.1) is 5.82 Å². The van der Waals surface area contributed by atoms with E-state index in [2.05, 4.69) is 26.1 Å². The van der Waals surface area contributed by atoms with Crippen LogP contribution in [0.25, 0.3) is 11.5 Å². The summed E-state index contributed by atoms with van der Waals surface area (Å²) in [7, 11) is 0. The SMILES string of the molecule is CC(C)(C)c1cc[n+](/C(C(=S)Nc2ccccc2)=C(\O)c2ccc(F)cc2)cc1. The second-order valence-corrected chi connectivity index (χ2v) is 8.18. The van der Waals surface area contributed by atoms with E-state index in [9.17, 15) is 9.50 Å². The molecule has 0 unspecified atom stereocenters. The minimum absolute atomic E-state index is 0.00473. The lowest BCUT2D eigenvalue weighted by molar-refractivity contribution is -0.575. The van der Waals surface area contributed by atoms with Gasteiger partial charge in [0.15, 0.2) is 23.1 Å². The first-order valence-electron chi connectivity index (χ1n) is 9.33. The molecule has 0 aliphatic carbocycles. The number of benzene rings is 2. The summed E-state index contributed by atoms with van der Waals surface area (Å²) in [5.41, 5.74) is 2.87. The molecule has 2 aromatic carbocycles. The maximum atomic E-state index is 13.3. The number of pyridine rings is 1. The Labute approximate surface area is 176 Å². The average molecular weight is 408 g/mol. The Hall–Kier alpha value is -3.05. The highest BCUT2D eigenvalue weighted by Gasteiger charge is 2.25. The fraction of sp³-hybridized carbons (Fsp3) is 0.167. The number of para-hydroxylation sites is 1. The zero-order chi connectivity index (χ0) is 21.0. The molecule has 0 radical (unpaired) electrons. The summed E-state index contributed by atoms with van der Waals surface area (Å²) in [5.74, 6) is -0.401. The molecule has 0 amide bonds. The lowest BCUT2D eigenvalue weighted by atomic mass is 9.88. The maximum Gasteiger partial charge on any atom is 0.288 e. The summed E-state index contributed by atoms with van der Waals surface area (Å²) in [6.07, 6.45) is 3.74. The van der Waals surface area contributed by atoms with Gasteiger partial charge in [-0.25, -0.2) is 4.39 Å². The summed E-state index contributed by atoms with van der Waals surface area (Å²) in [6.45, 7) is 6.42. The summed E-state index contributed by atoms with van der Waals surface area (Å²) >= 11 is 5.62. The van der Waals surface area contributed by atoms with Crippen molar-refractivity contribution in [2.45, 2.75) is 26.2 Å². The number of aromatic nitrogens is 1.